The Morgan fingerprint density at radius 2 is 0.883 bits per heavy atom. The molecule has 0 saturated heterocycles. The van der Waals surface area contributed by atoms with Gasteiger partial charge in [0.25, 0.3) is 0 Å². The first-order valence-corrected chi connectivity index (χ1v) is 32.4. The highest BCUT2D eigenvalue weighted by Crippen LogP contribution is 2.43. The van der Waals surface area contributed by atoms with Crippen LogP contribution in [0.2, 0.25) is 0 Å². The summed E-state index contributed by atoms with van der Waals surface area (Å²) in [6.07, 6.45) is 77.7. The topological polar surface area (TPSA) is 111 Å². The van der Waals surface area contributed by atoms with Crippen molar-refractivity contribution in [2.75, 3.05) is 40.9 Å². The van der Waals surface area contributed by atoms with E-state index in [1.807, 2.05) is 94.1 Å². The first-order chi connectivity index (χ1) is 37.4. The number of phosphoric ester groups is 1. The predicted octanol–water partition coefficient (Wildman–Crippen LogP) is 19.1. The highest BCUT2D eigenvalue weighted by molar-refractivity contribution is 7.47. The summed E-state index contributed by atoms with van der Waals surface area (Å²) < 4.78 is 30.6. The Hall–Kier alpha value is -3.59. The van der Waals surface area contributed by atoms with Gasteiger partial charge in [-0.05, 0) is 89.5 Å². The third-order valence-corrected chi connectivity index (χ3v) is 14.0. The van der Waals surface area contributed by atoms with Crippen molar-refractivity contribution >= 4 is 19.7 Å². The zero-order valence-electron chi connectivity index (χ0n) is 50.2. The number of rotatable bonds is 54. The SMILES string of the molecule is CC\C=C/C=C/C=C/C=C\C=C\C=C\CCCCCC(=O)NC(COP(=O)(O)OCC[N+](C)(C)C)C(/C=C\CCCCCCCCCCC)OC(=O)CCCCCCCCCCCC/C=C\C/C=C\C/C=C\CCCCC. The first-order valence-electron chi connectivity index (χ1n) is 30.9. The number of phosphoric acid groups is 1. The van der Waals surface area contributed by atoms with Crippen LogP contribution in [0, 0.1) is 0 Å². The van der Waals surface area contributed by atoms with E-state index < -0.39 is 20.0 Å². The molecule has 3 unspecified atom stereocenters. The second-order valence-corrected chi connectivity index (χ2v) is 23.1. The average molecular weight is 1090 g/mol. The molecule has 0 aliphatic rings. The highest BCUT2D eigenvalue weighted by Gasteiger charge is 2.30. The molecule has 0 aromatic carbocycles. The lowest BCUT2D eigenvalue weighted by atomic mass is 10.0. The Morgan fingerprint density at radius 3 is 1.40 bits per heavy atom. The van der Waals surface area contributed by atoms with E-state index >= 15 is 0 Å². The molecule has 9 nitrogen and oxygen atoms in total. The molecule has 0 saturated carbocycles. The Kier molecular flexibility index (Phi) is 53.1. The number of unbranched alkanes of at least 4 members (excludes halogenated alkanes) is 25. The minimum Gasteiger partial charge on any atom is -0.456 e. The lowest BCUT2D eigenvalue weighted by Gasteiger charge is -2.27. The number of nitrogens with one attached hydrogen (secondary N) is 1. The maximum absolute atomic E-state index is 13.5. The molecule has 0 fully saturated rings. The van der Waals surface area contributed by atoms with Crippen LogP contribution in [0.1, 0.15) is 239 Å². The van der Waals surface area contributed by atoms with Crippen molar-refractivity contribution in [1.82, 2.24) is 5.32 Å². The van der Waals surface area contributed by atoms with Gasteiger partial charge in [-0.3, -0.25) is 18.6 Å². The van der Waals surface area contributed by atoms with Crippen molar-refractivity contribution < 1.29 is 37.3 Å². The van der Waals surface area contributed by atoms with Gasteiger partial charge in [0.05, 0.1) is 33.8 Å². The summed E-state index contributed by atoms with van der Waals surface area (Å²) in [4.78, 5) is 37.7. The molecular weight excluding hydrogens is 976 g/mol. The fourth-order valence-corrected chi connectivity index (χ4v) is 9.01. The number of nitrogens with zero attached hydrogens (tertiary/aromatic N) is 1. The van der Waals surface area contributed by atoms with E-state index in [4.69, 9.17) is 13.8 Å². The Labute approximate surface area is 473 Å². The van der Waals surface area contributed by atoms with Crippen molar-refractivity contribution in [3.63, 3.8) is 0 Å². The molecule has 0 spiro atoms. The second-order valence-electron chi connectivity index (χ2n) is 21.6. The van der Waals surface area contributed by atoms with Gasteiger partial charge in [0, 0.05) is 12.8 Å². The van der Waals surface area contributed by atoms with Crippen LogP contribution in [-0.4, -0.2) is 74.3 Å². The van der Waals surface area contributed by atoms with Gasteiger partial charge in [0.15, 0.2) is 0 Å². The van der Waals surface area contributed by atoms with Crippen molar-refractivity contribution in [3.05, 3.63) is 122 Å². The van der Waals surface area contributed by atoms with Crippen LogP contribution < -0.4 is 5.32 Å². The number of likely N-dealkylation sites (N-methyl/N-ethyl adjacent to an activating group) is 1. The van der Waals surface area contributed by atoms with E-state index in [0.717, 1.165) is 89.9 Å². The largest absolute Gasteiger partial charge is 0.472 e. The Bertz CT molecular complexity index is 1730. The molecule has 77 heavy (non-hydrogen) atoms. The van der Waals surface area contributed by atoms with Crippen LogP contribution in [0.15, 0.2) is 122 Å². The number of allylic oxidation sites excluding steroid dienone is 19. The van der Waals surface area contributed by atoms with E-state index in [1.54, 1.807) is 0 Å². The van der Waals surface area contributed by atoms with Crippen LogP contribution in [0.3, 0.4) is 0 Å². The average Bonchev–Trinajstić information content (AvgIpc) is 3.39. The highest BCUT2D eigenvalue weighted by atomic mass is 31.2. The number of quaternary nitrogens is 1. The smallest absolute Gasteiger partial charge is 0.456 e. The van der Waals surface area contributed by atoms with Gasteiger partial charge >= 0.3 is 13.8 Å². The summed E-state index contributed by atoms with van der Waals surface area (Å²) in [7, 11) is 1.44. The van der Waals surface area contributed by atoms with Crippen molar-refractivity contribution in [1.29, 1.82) is 0 Å². The summed E-state index contributed by atoms with van der Waals surface area (Å²) in [5.41, 5.74) is 0. The molecular formula is C67H116N2O7P+. The van der Waals surface area contributed by atoms with Crippen molar-refractivity contribution in [3.8, 4) is 0 Å². The molecule has 0 aliphatic carbocycles. The number of hydrogen-bond acceptors (Lipinski definition) is 6. The van der Waals surface area contributed by atoms with Crippen molar-refractivity contribution in [2.45, 2.75) is 251 Å². The molecule has 440 valence electrons. The van der Waals surface area contributed by atoms with Gasteiger partial charge in [0.2, 0.25) is 5.91 Å². The van der Waals surface area contributed by atoms with Gasteiger partial charge in [0.1, 0.15) is 19.3 Å². The molecule has 0 heterocycles. The summed E-state index contributed by atoms with van der Waals surface area (Å²) in [5.74, 6) is -0.569. The molecule has 1 amide bonds. The summed E-state index contributed by atoms with van der Waals surface area (Å²) in [6, 6.07) is -0.881. The minimum absolute atomic E-state index is 0.0237. The number of carbonyl (C=O) groups is 2. The van der Waals surface area contributed by atoms with E-state index in [2.05, 4.69) is 74.7 Å². The monoisotopic (exact) mass is 1090 g/mol. The standard InChI is InChI=1S/C67H115N2O7P/c1-7-10-13-16-19-22-25-27-29-31-32-33-34-35-36-38-40-42-45-48-51-54-57-60-67(71)76-65(58-55-52-49-46-43-24-21-18-15-12-9-3)64(63-75-77(72,73)74-62-61-69(4,5)6)68-66(70)59-56-53-50-47-44-41-39-37-30-28-26-23-20-17-14-11-8-2/h11,14,17,19-20,22-23,26-30,32-33,37,39,41,44,55,58,64-65H,7-10,12-13,15-16,18,21,24-25,31,34-36,38,40,42-43,45-54,56-57,59-63H2,1-6H3,(H-,68,70,72,73)/p+1/b14-11-,20-17+,22-19-,26-23+,29-27-,30-28-,33-32-,39-37+,44-41+,58-55-. The maximum Gasteiger partial charge on any atom is 0.472 e. The number of hydrogen-bond donors (Lipinski definition) is 2. The summed E-state index contributed by atoms with van der Waals surface area (Å²) >= 11 is 0. The zero-order chi connectivity index (χ0) is 56.4. The molecule has 3 atom stereocenters. The number of carbonyl (C=O) groups excluding carboxylic acids is 2. The molecule has 0 rings (SSSR count). The van der Waals surface area contributed by atoms with Gasteiger partial charge in [-0.15, -0.1) is 0 Å². The number of ether oxygens (including phenoxy) is 1. The summed E-state index contributed by atoms with van der Waals surface area (Å²) in [5, 5.41) is 3.02. The molecule has 0 aromatic heterocycles. The maximum atomic E-state index is 13.5. The lowest BCUT2D eigenvalue weighted by molar-refractivity contribution is -0.870. The first kappa shape index (κ1) is 73.4. The fraction of sp³-hybridized carbons (Fsp3) is 0.672. The van der Waals surface area contributed by atoms with E-state index in [1.165, 1.54) is 109 Å². The zero-order valence-corrected chi connectivity index (χ0v) is 51.1. The predicted molar refractivity (Wildman–Crippen MR) is 332 cm³/mol. The van der Waals surface area contributed by atoms with Crippen LogP contribution in [0.4, 0.5) is 0 Å². The third kappa shape index (κ3) is 56.9. The van der Waals surface area contributed by atoms with Crippen LogP contribution in [-0.2, 0) is 27.9 Å². The molecule has 0 bridgehead atoms. The van der Waals surface area contributed by atoms with Crippen LogP contribution in [0.5, 0.6) is 0 Å². The number of amides is 1. The lowest BCUT2D eigenvalue weighted by Crippen LogP contribution is -2.47. The fourth-order valence-electron chi connectivity index (χ4n) is 8.27. The van der Waals surface area contributed by atoms with E-state index in [-0.39, 0.29) is 37.9 Å². The molecule has 2 N–H and O–H groups in total. The molecule has 0 aromatic rings. The number of esters is 1. The molecule has 10 heteroatoms. The third-order valence-electron chi connectivity index (χ3n) is 13.0. The Morgan fingerprint density at radius 1 is 0.481 bits per heavy atom. The molecule has 0 radical (unpaired) electrons. The summed E-state index contributed by atoms with van der Waals surface area (Å²) in [6.45, 7) is 6.78. The normalized spacial score (nSPS) is 14.5. The van der Waals surface area contributed by atoms with Crippen LogP contribution in [0.25, 0.3) is 0 Å². The van der Waals surface area contributed by atoms with E-state index in [0.29, 0.717) is 17.4 Å². The Balaban J connectivity index is 5.27. The quantitative estimate of drug-likeness (QED) is 0.0156. The van der Waals surface area contributed by atoms with Gasteiger partial charge < -0.3 is 19.4 Å². The van der Waals surface area contributed by atoms with Crippen molar-refractivity contribution in [2.24, 2.45) is 0 Å². The van der Waals surface area contributed by atoms with Gasteiger partial charge in [-0.2, -0.15) is 0 Å². The van der Waals surface area contributed by atoms with Gasteiger partial charge in [-0.1, -0.05) is 258 Å². The van der Waals surface area contributed by atoms with Gasteiger partial charge in [-0.25, -0.2) is 4.57 Å². The minimum atomic E-state index is -4.47. The van der Waals surface area contributed by atoms with Crippen LogP contribution >= 0.6 is 7.82 Å². The molecule has 0 aliphatic heterocycles. The van der Waals surface area contributed by atoms with E-state index in [9.17, 15) is 19.0 Å². The second kappa shape index (κ2) is 55.7.